The molecule has 9 heteroatoms. The minimum Gasteiger partial charge on any atom is -0.425 e. The van der Waals surface area contributed by atoms with Crippen LogP contribution in [0.3, 0.4) is 0 Å². The van der Waals surface area contributed by atoms with Crippen LogP contribution in [0.5, 0.6) is 0 Å². The molecule has 2 atom stereocenters. The highest BCUT2D eigenvalue weighted by molar-refractivity contribution is 7.45. The molecule has 3 N–H and O–H groups in total. The Balaban J connectivity index is 2.58. The van der Waals surface area contributed by atoms with Crippen LogP contribution >= 0.6 is 20.0 Å². The second-order valence-corrected chi connectivity index (χ2v) is 8.36. The van der Waals surface area contributed by atoms with E-state index in [-0.39, 0.29) is 18.6 Å². The van der Waals surface area contributed by atoms with E-state index in [0.717, 1.165) is 5.56 Å². The Labute approximate surface area is 159 Å². The van der Waals surface area contributed by atoms with Crippen LogP contribution in [0, 0.1) is 5.41 Å². The third kappa shape index (κ3) is 8.32. The first-order valence-electron chi connectivity index (χ1n) is 8.05. The highest BCUT2D eigenvalue weighted by atomic mass is 35.5. The molecule has 0 aliphatic heterocycles. The maximum Gasteiger partial charge on any atom is 0.410 e. The van der Waals surface area contributed by atoms with E-state index in [9.17, 15) is 19.4 Å². The topological polar surface area (TPSA) is 105 Å². The van der Waals surface area contributed by atoms with Crippen molar-refractivity contribution < 1.29 is 28.8 Å². The van der Waals surface area contributed by atoms with Crippen LogP contribution in [0.25, 0.3) is 0 Å². The second-order valence-electron chi connectivity index (χ2n) is 6.81. The molecular weight excluding hydrogens is 381 g/mol. The third-order valence-electron chi connectivity index (χ3n) is 3.38. The monoisotopic (exact) mass is 405 g/mol. The minimum absolute atomic E-state index is 0.0891. The Bertz CT molecular complexity index is 602. The summed E-state index contributed by atoms with van der Waals surface area (Å²) in [4.78, 5) is 42.3. The number of halogens is 1. The summed E-state index contributed by atoms with van der Waals surface area (Å²) in [5.41, 5.74) is 0.102. The largest absolute Gasteiger partial charge is 0.425 e. The van der Waals surface area contributed by atoms with E-state index in [4.69, 9.17) is 21.1 Å². The number of benzene rings is 1. The average Bonchev–Trinajstić information content (AvgIpc) is 2.50. The molecule has 1 rings (SSSR count). The first-order valence-corrected chi connectivity index (χ1v) is 9.86. The SMILES string of the molecule is CC(OC(=O)NC[C@H](CP(O)O)c1ccc(Cl)cc1)OC(=O)C(C)(C)C. The summed E-state index contributed by atoms with van der Waals surface area (Å²) in [6, 6.07) is 6.89. The lowest BCUT2D eigenvalue weighted by Crippen LogP contribution is -2.35. The minimum atomic E-state index is -2.14. The summed E-state index contributed by atoms with van der Waals surface area (Å²) in [5.74, 6) is -0.809. The van der Waals surface area contributed by atoms with Crippen molar-refractivity contribution in [1.82, 2.24) is 5.32 Å². The lowest BCUT2D eigenvalue weighted by molar-refractivity contribution is -0.174. The van der Waals surface area contributed by atoms with Crippen LogP contribution in [-0.2, 0) is 14.3 Å². The predicted molar refractivity (Wildman–Crippen MR) is 99.9 cm³/mol. The van der Waals surface area contributed by atoms with Crippen molar-refractivity contribution in [1.29, 1.82) is 0 Å². The maximum atomic E-state index is 11.9. The Morgan fingerprint density at radius 1 is 1.19 bits per heavy atom. The van der Waals surface area contributed by atoms with Crippen LogP contribution in [0.2, 0.25) is 5.02 Å². The van der Waals surface area contributed by atoms with Gasteiger partial charge in [-0.3, -0.25) is 4.79 Å². The molecule has 0 fully saturated rings. The highest BCUT2D eigenvalue weighted by Gasteiger charge is 2.26. The lowest BCUT2D eigenvalue weighted by atomic mass is 9.97. The molecule has 0 aromatic heterocycles. The molecule has 0 bridgehead atoms. The normalized spacial score (nSPS) is 13.8. The molecule has 0 spiro atoms. The molecule has 1 unspecified atom stereocenters. The Hall–Kier alpha value is -1.40. The van der Waals surface area contributed by atoms with Crippen LogP contribution < -0.4 is 5.32 Å². The Kier molecular flexibility index (Phi) is 8.77. The zero-order valence-corrected chi connectivity index (χ0v) is 16.9. The van der Waals surface area contributed by atoms with E-state index in [2.05, 4.69) is 5.32 Å². The van der Waals surface area contributed by atoms with Gasteiger partial charge in [-0.2, -0.15) is 0 Å². The van der Waals surface area contributed by atoms with Gasteiger partial charge >= 0.3 is 12.1 Å². The van der Waals surface area contributed by atoms with Gasteiger partial charge in [-0.05, 0) is 38.5 Å². The van der Waals surface area contributed by atoms with Crippen molar-refractivity contribution in [3.05, 3.63) is 34.9 Å². The van der Waals surface area contributed by atoms with Crippen molar-refractivity contribution in [3.63, 3.8) is 0 Å². The number of nitrogens with one attached hydrogen (secondary N) is 1. The van der Waals surface area contributed by atoms with Crippen molar-refractivity contribution >= 4 is 32.0 Å². The Morgan fingerprint density at radius 2 is 1.77 bits per heavy atom. The van der Waals surface area contributed by atoms with Crippen molar-refractivity contribution in [2.24, 2.45) is 5.41 Å². The number of ether oxygens (including phenoxy) is 2. The third-order valence-corrected chi connectivity index (χ3v) is 4.40. The van der Waals surface area contributed by atoms with E-state index in [0.29, 0.717) is 5.02 Å². The first kappa shape index (κ1) is 22.6. The summed E-state index contributed by atoms with van der Waals surface area (Å²) in [6.07, 6.45) is -1.71. The smallest absolute Gasteiger partial charge is 0.410 e. The molecule has 146 valence electrons. The quantitative estimate of drug-likeness (QED) is 0.365. The van der Waals surface area contributed by atoms with Crippen molar-refractivity contribution in [3.8, 4) is 0 Å². The number of alkyl carbamates (subject to hydrolysis) is 1. The van der Waals surface area contributed by atoms with Gasteiger partial charge in [0, 0.05) is 30.6 Å². The fourth-order valence-electron chi connectivity index (χ4n) is 1.97. The Morgan fingerprint density at radius 3 is 2.27 bits per heavy atom. The van der Waals surface area contributed by atoms with Gasteiger partial charge in [0.1, 0.15) is 0 Å². The number of esters is 1. The molecule has 1 aromatic rings. The van der Waals surface area contributed by atoms with Gasteiger partial charge in [-0.15, -0.1) is 0 Å². The number of rotatable bonds is 7. The number of carbonyl (C=O) groups is 2. The molecule has 0 radical (unpaired) electrons. The number of amides is 1. The van der Waals surface area contributed by atoms with E-state index < -0.39 is 32.1 Å². The second kappa shape index (κ2) is 10.1. The fraction of sp³-hybridized carbons (Fsp3) is 0.529. The summed E-state index contributed by atoms with van der Waals surface area (Å²) >= 11 is 5.85. The van der Waals surface area contributed by atoms with Gasteiger partial charge in [0.05, 0.1) is 5.41 Å². The van der Waals surface area contributed by atoms with Crippen LogP contribution in [-0.4, -0.2) is 40.8 Å². The summed E-state index contributed by atoms with van der Waals surface area (Å²) in [7, 11) is -2.14. The molecule has 7 nitrogen and oxygen atoms in total. The molecule has 1 amide bonds. The first-order chi connectivity index (χ1) is 12.0. The van der Waals surface area contributed by atoms with Crippen LogP contribution in [0.4, 0.5) is 4.79 Å². The van der Waals surface area contributed by atoms with Gasteiger partial charge in [-0.1, -0.05) is 23.7 Å². The molecule has 0 saturated carbocycles. The van der Waals surface area contributed by atoms with Crippen LogP contribution in [0.1, 0.15) is 39.2 Å². The summed E-state index contributed by atoms with van der Waals surface area (Å²) < 4.78 is 10.0. The standard InChI is InChI=1S/C17H25ClNO6P/c1-11(24-15(20)17(2,3)4)25-16(21)19-9-13(10-26(22)23)12-5-7-14(18)8-6-12/h5-8,11,13,22-23H,9-10H2,1-4H3,(H,19,21)/t11?,13-/m1/s1. The zero-order chi connectivity index (χ0) is 19.9. The fourth-order valence-corrected chi connectivity index (χ4v) is 2.83. The maximum absolute atomic E-state index is 11.9. The molecule has 1 aromatic carbocycles. The van der Waals surface area contributed by atoms with Gasteiger partial charge in [0.2, 0.25) is 6.29 Å². The number of hydrogen-bond acceptors (Lipinski definition) is 6. The average molecular weight is 406 g/mol. The molecule has 26 heavy (non-hydrogen) atoms. The van der Waals surface area contributed by atoms with Gasteiger partial charge in [0.15, 0.2) is 8.38 Å². The van der Waals surface area contributed by atoms with Gasteiger partial charge < -0.3 is 24.6 Å². The zero-order valence-electron chi connectivity index (χ0n) is 15.2. The lowest BCUT2D eigenvalue weighted by Gasteiger charge is -2.22. The van der Waals surface area contributed by atoms with E-state index in [1.807, 2.05) is 0 Å². The van der Waals surface area contributed by atoms with E-state index in [1.165, 1.54) is 6.92 Å². The molecule has 0 saturated heterocycles. The number of hydrogen-bond donors (Lipinski definition) is 3. The molecule has 0 aliphatic rings. The highest BCUT2D eigenvalue weighted by Crippen LogP contribution is 2.32. The van der Waals surface area contributed by atoms with Crippen molar-refractivity contribution in [2.45, 2.75) is 39.9 Å². The number of carbonyl (C=O) groups excluding carboxylic acids is 2. The molecule has 0 aliphatic carbocycles. The van der Waals surface area contributed by atoms with Gasteiger partial charge in [0.25, 0.3) is 0 Å². The molecule has 0 heterocycles. The van der Waals surface area contributed by atoms with Crippen molar-refractivity contribution in [2.75, 3.05) is 12.7 Å². The summed E-state index contributed by atoms with van der Waals surface area (Å²) in [6.45, 7) is 6.66. The molecular formula is C17H25ClNO6P. The summed E-state index contributed by atoms with van der Waals surface area (Å²) in [5, 5.41) is 3.11. The predicted octanol–water partition coefficient (Wildman–Crippen LogP) is 3.38. The van der Waals surface area contributed by atoms with Gasteiger partial charge in [-0.25, -0.2) is 4.79 Å². The van der Waals surface area contributed by atoms with E-state index >= 15 is 0 Å². The van der Waals surface area contributed by atoms with E-state index in [1.54, 1.807) is 45.0 Å². The van der Waals surface area contributed by atoms with Crippen LogP contribution in [0.15, 0.2) is 24.3 Å².